The van der Waals surface area contributed by atoms with Crippen molar-refractivity contribution < 1.29 is 32.7 Å². The summed E-state index contributed by atoms with van der Waals surface area (Å²) in [5, 5.41) is 18.3. The van der Waals surface area contributed by atoms with E-state index >= 15 is 0 Å². The van der Waals surface area contributed by atoms with Gasteiger partial charge in [-0.15, -0.1) is 0 Å². The van der Waals surface area contributed by atoms with Crippen LogP contribution >= 0.6 is 11.8 Å². The van der Waals surface area contributed by atoms with E-state index in [2.05, 4.69) is 31.9 Å². The maximum atomic E-state index is 13.5. The van der Waals surface area contributed by atoms with E-state index < -0.39 is 17.2 Å². The molecular weight excluding hydrogens is 644 g/mol. The normalized spacial score (nSPS) is 25.4. The summed E-state index contributed by atoms with van der Waals surface area (Å²) < 4.78 is 32.6. The van der Waals surface area contributed by atoms with Crippen LogP contribution in [0.5, 0.6) is 0 Å². The number of carbonyl (C=O) groups is 4. The second-order valence-electron chi connectivity index (χ2n) is 12.9. The first kappa shape index (κ1) is 37.6. The Bertz CT molecular complexity index is 1260. The molecule has 1 saturated carbocycles. The molecule has 0 bridgehead atoms. The first-order valence-corrected chi connectivity index (χ1v) is 18.2. The van der Waals surface area contributed by atoms with Crippen LogP contribution in [0.4, 0.5) is 18.4 Å². The largest absolute Gasteiger partial charge is 0.378 e. The summed E-state index contributed by atoms with van der Waals surface area (Å²) >= 11 is 1.88. The summed E-state index contributed by atoms with van der Waals surface area (Å²) in [7, 11) is 0. The number of thioether (sulfide) groups is 1. The zero-order valence-electron chi connectivity index (χ0n) is 28.2. The van der Waals surface area contributed by atoms with Gasteiger partial charge in [0.05, 0.1) is 31.8 Å². The van der Waals surface area contributed by atoms with Crippen molar-refractivity contribution >= 4 is 35.6 Å². The fourth-order valence-corrected chi connectivity index (χ4v) is 8.26. The van der Waals surface area contributed by atoms with Gasteiger partial charge in [-0.3, -0.25) is 9.59 Å². The lowest BCUT2D eigenvalue weighted by Gasteiger charge is -2.26. The zero-order chi connectivity index (χ0) is 34.7. The Morgan fingerprint density at radius 1 is 1.04 bits per heavy atom. The van der Waals surface area contributed by atoms with E-state index in [9.17, 15) is 28.0 Å². The first-order chi connectivity index (χ1) is 23.1. The van der Waals surface area contributed by atoms with Crippen molar-refractivity contribution in [3.8, 4) is 0 Å². The SMILES string of the molecule is CC.CC1(NC(=O)NCCOCCNC(=O)CCCCC2SCC3NC(=O)NC32)CCC(NCC(=O)N2Cc3cc(F)c(F)cc3C2)C1. The third-order valence-corrected chi connectivity index (χ3v) is 10.7. The third-order valence-electron chi connectivity index (χ3n) is 9.20. The van der Waals surface area contributed by atoms with Crippen LogP contribution in [0, 0.1) is 11.6 Å². The number of fused-ring (bicyclic) bond motifs is 2. The van der Waals surface area contributed by atoms with Crippen LogP contribution in [0.2, 0.25) is 0 Å². The highest BCUT2D eigenvalue weighted by molar-refractivity contribution is 8.00. The molecule has 3 heterocycles. The molecule has 48 heavy (non-hydrogen) atoms. The summed E-state index contributed by atoms with van der Waals surface area (Å²) in [4.78, 5) is 50.3. The van der Waals surface area contributed by atoms with E-state index in [1.54, 1.807) is 4.90 Å². The Labute approximate surface area is 286 Å². The van der Waals surface area contributed by atoms with Gasteiger partial charge in [-0.05, 0) is 62.3 Å². The average molecular weight is 696 g/mol. The minimum Gasteiger partial charge on any atom is -0.378 e. The quantitative estimate of drug-likeness (QED) is 0.122. The Hall–Kier alpha value is -3.17. The molecule has 268 valence electrons. The molecule has 15 heteroatoms. The van der Waals surface area contributed by atoms with E-state index in [1.807, 2.05) is 32.5 Å². The number of benzene rings is 1. The van der Waals surface area contributed by atoms with Crippen LogP contribution in [-0.2, 0) is 27.4 Å². The monoisotopic (exact) mass is 695 g/mol. The van der Waals surface area contributed by atoms with E-state index in [0.717, 1.165) is 50.0 Å². The van der Waals surface area contributed by atoms with E-state index in [-0.39, 0.29) is 61.6 Å². The highest BCUT2D eigenvalue weighted by Gasteiger charge is 2.42. The van der Waals surface area contributed by atoms with Crippen molar-refractivity contribution in [3.63, 3.8) is 0 Å². The number of carbonyl (C=O) groups excluding carboxylic acids is 4. The number of nitrogens with one attached hydrogen (secondary N) is 6. The van der Waals surface area contributed by atoms with Gasteiger partial charge in [-0.25, -0.2) is 18.4 Å². The van der Waals surface area contributed by atoms with E-state index in [4.69, 9.17) is 4.74 Å². The van der Waals surface area contributed by atoms with Gasteiger partial charge in [0.2, 0.25) is 11.8 Å². The Kier molecular flexibility index (Phi) is 14.1. The van der Waals surface area contributed by atoms with Crippen LogP contribution in [0.15, 0.2) is 12.1 Å². The number of rotatable bonds is 15. The minimum absolute atomic E-state index is 0.00848. The molecule has 0 aromatic heterocycles. The van der Waals surface area contributed by atoms with E-state index in [1.165, 1.54) is 0 Å². The fraction of sp³-hybridized carbons (Fsp3) is 0.697. The predicted molar refractivity (Wildman–Crippen MR) is 180 cm³/mol. The third kappa shape index (κ3) is 10.7. The molecule has 2 saturated heterocycles. The van der Waals surface area contributed by atoms with Crippen LogP contribution in [-0.4, -0.2) is 96.3 Å². The van der Waals surface area contributed by atoms with Crippen LogP contribution in [0.3, 0.4) is 0 Å². The first-order valence-electron chi connectivity index (χ1n) is 17.2. The minimum atomic E-state index is -0.905. The number of urea groups is 2. The number of hydrogen-bond acceptors (Lipinski definition) is 7. The molecule has 5 atom stereocenters. The van der Waals surface area contributed by atoms with Gasteiger partial charge in [0.1, 0.15) is 0 Å². The maximum Gasteiger partial charge on any atom is 0.315 e. The van der Waals surface area contributed by atoms with Crippen molar-refractivity contribution in [2.75, 3.05) is 38.6 Å². The summed E-state index contributed by atoms with van der Waals surface area (Å²) in [6.07, 6.45) is 5.40. The molecule has 5 unspecified atom stereocenters. The highest BCUT2D eigenvalue weighted by Crippen LogP contribution is 2.33. The molecule has 3 fully saturated rings. The number of ether oxygens (including phenoxy) is 1. The summed E-state index contributed by atoms with van der Waals surface area (Å²) in [6.45, 7) is 8.02. The lowest BCUT2D eigenvalue weighted by molar-refractivity contribution is -0.131. The number of amides is 6. The standard InChI is InChI=1S/C31H45F2N7O5S.C2H6/c1-31(7-6-21(14-31)36-15-27(42)40-16-19-12-22(32)23(33)13-20(19)17-40)39-29(43)35-9-11-45-10-8-34-26(41)5-3-2-4-25-28-24(18-46-25)37-30(44)38-28;1-2/h12-13,21,24-25,28,36H,2-11,14-18H2,1H3,(H,34,41)(H2,35,39,43)(H2,37,38,44);1-2H3. The van der Waals surface area contributed by atoms with Gasteiger partial charge in [-0.2, -0.15) is 11.8 Å². The second kappa shape index (κ2) is 18.0. The summed E-state index contributed by atoms with van der Waals surface area (Å²) in [6, 6.07) is 2.41. The van der Waals surface area contributed by atoms with Crippen molar-refractivity contribution in [2.45, 2.75) is 108 Å². The molecule has 6 amide bonds. The Morgan fingerprint density at radius 3 is 2.44 bits per heavy atom. The number of halogens is 2. The molecule has 6 N–H and O–H groups in total. The molecule has 4 aliphatic rings. The lowest BCUT2D eigenvalue weighted by Crippen LogP contribution is -2.50. The van der Waals surface area contributed by atoms with Gasteiger partial charge in [0.15, 0.2) is 11.6 Å². The maximum absolute atomic E-state index is 13.5. The molecule has 5 rings (SSSR count). The molecular formula is C33H51F2N7O5S. The van der Waals surface area contributed by atoms with Gasteiger partial charge in [0, 0.05) is 55.2 Å². The van der Waals surface area contributed by atoms with Crippen LogP contribution in [0.1, 0.15) is 76.8 Å². The smallest absolute Gasteiger partial charge is 0.315 e. The van der Waals surface area contributed by atoms with Crippen LogP contribution in [0.25, 0.3) is 0 Å². The van der Waals surface area contributed by atoms with Gasteiger partial charge >= 0.3 is 12.1 Å². The van der Waals surface area contributed by atoms with Gasteiger partial charge in [-0.1, -0.05) is 20.3 Å². The predicted octanol–water partition coefficient (Wildman–Crippen LogP) is 2.89. The molecule has 1 aromatic carbocycles. The number of hydrogen-bond donors (Lipinski definition) is 6. The Morgan fingerprint density at radius 2 is 1.73 bits per heavy atom. The lowest BCUT2D eigenvalue weighted by atomic mass is 10.0. The van der Waals surface area contributed by atoms with Crippen molar-refractivity contribution in [2.24, 2.45) is 0 Å². The van der Waals surface area contributed by atoms with Crippen molar-refractivity contribution in [1.29, 1.82) is 0 Å². The molecule has 1 aromatic rings. The zero-order valence-corrected chi connectivity index (χ0v) is 29.0. The Balaban J connectivity index is 0.00000255. The highest BCUT2D eigenvalue weighted by atomic mass is 32.2. The summed E-state index contributed by atoms with van der Waals surface area (Å²) in [5.74, 6) is -1.02. The molecule has 12 nitrogen and oxygen atoms in total. The molecule has 0 radical (unpaired) electrons. The van der Waals surface area contributed by atoms with Crippen molar-refractivity contribution in [3.05, 3.63) is 34.9 Å². The average Bonchev–Trinajstić information content (AvgIpc) is 3.83. The fourth-order valence-electron chi connectivity index (χ4n) is 6.72. The number of unbranched alkanes of at least 4 members (excludes halogenated alkanes) is 1. The molecule has 3 aliphatic heterocycles. The van der Waals surface area contributed by atoms with E-state index in [0.29, 0.717) is 55.5 Å². The van der Waals surface area contributed by atoms with Crippen LogP contribution < -0.4 is 31.9 Å². The van der Waals surface area contributed by atoms with Gasteiger partial charge in [0.25, 0.3) is 0 Å². The van der Waals surface area contributed by atoms with Gasteiger partial charge < -0.3 is 41.5 Å². The topological polar surface area (TPSA) is 153 Å². The summed E-state index contributed by atoms with van der Waals surface area (Å²) in [5.41, 5.74) is 0.836. The number of nitrogens with zero attached hydrogens (tertiary/aromatic N) is 1. The molecule has 0 spiro atoms. The molecule has 1 aliphatic carbocycles. The second-order valence-corrected chi connectivity index (χ2v) is 14.1. The van der Waals surface area contributed by atoms with Crippen molar-refractivity contribution in [1.82, 2.24) is 36.8 Å².